The first kappa shape index (κ1) is 21.3. The molecule has 2 rings (SSSR count). The molecule has 1 heterocycles. The number of halogens is 1. The summed E-state index contributed by atoms with van der Waals surface area (Å²) < 4.78 is 10.7. The van der Waals surface area contributed by atoms with Gasteiger partial charge in [-0.2, -0.15) is 0 Å². The molecule has 0 spiro atoms. The lowest BCUT2D eigenvalue weighted by molar-refractivity contribution is -0.125. The Hall–Kier alpha value is -1.71. The standard InChI is InChI=1S/C17H26N4O3.HI/c1-4-19-16(21-10-17(2,3)15(18)22)20-8-7-12-5-6-13-14(9-12)24-11-23-13;/h5-6,9H,4,7-8,10-11H2,1-3H3,(H2,18,22)(H2,19,20,21);1H. The number of nitrogens with two attached hydrogens (primary N) is 1. The largest absolute Gasteiger partial charge is 0.454 e. The van der Waals surface area contributed by atoms with Crippen LogP contribution in [-0.2, 0) is 11.2 Å². The molecule has 140 valence electrons. The Bertz CT molecular complexity index is 620. The van der Waals surface area contributed by atoms with E-state index < -0.39 is 5.41 Å². The third-order valence-corrected chi connectivity index (χ3v) is 3.79. The number of fused-ring (bicyclic) bond motifs is 1. The van der Waals surface area contributed by atoms with E-state index in [2.05, 4.69) is 15.6 Å². The van der Waals surface area contributed by atoms with Crippen LogP contribution in [-0.4, -0.2) is 38.3 Å². The van der Waals surface area contributed by atoms with Crippen LogP contribution in [0.4, 0.5) is 0 Å². The Morgan fingerprint density at radius 1 is 1.28 bits per heavy atom. The maximum absolute atomic E-state index is 11.4. The normalized spacial score (nSPS) is 13.2. The molecule has 1 aromatic rings. The van der Waals surface area contributed by atoms with Gasteiger partial charge in [0.1, 0.15) is 0 Å². The van der Waals surface area contributed by atoms with Crippen LogP contribution in [0.1, 0.15) is 26.3 Å². The number of guanidine groups is 1. The second kappa shape index (κ2) is 9.69. The SMILES string of the molecule is CCNC(=NCC(C)(C)C(N)=O)NCCc1ccc2c(c1)OCO2.I. The number of benzene rings is 1. The lowest BCUT2D eigenvalue weighted by Gasteiger charge is -2.19. The molecule has 8 heteroatoms. The lowest BCUT2D eigenvalue weighted by atomic mass is 9.93. The number of primary amides is 1. The molecule has 0 atom stereocenters. The Labute approximate surface area is 165 Å². The van der Waals surface area contributed by atoms with Gasteiger partial charge in [-0.05, 0) is 44.9 Å². The van der Waals surface area contributed by atoms with Crippen molar-refractivity contribution >= 4 is 35.8 Å². The summed E-state index contributed by atoms with van der Waals surface area (Å²) in [5, 5.41) is 6.43. The molecular formula is C17H27IN4O3. The Kier molecular flexibility index (Phi) is 8.27. The predicted molar refractivity (Wildman–Crippen MR) is 109 cm³/mol. The highest BCUT2D eigenvalue weighted by atomic mass is 127. The second-order valence-corrected chi connectivity index (χ2v) is 6.31. The van der Waals surface area contributed by atoms with Crippen LogP contribution in [0, 0.1) is 5.41 Å². The van der Waals surface area contributed by atoms with Crippen molar-refractivity contribution in [2.24, 2.45) is 16.1 Å². The van der Waals surface area contributed by atoms with Crippen LogP contribution in [0.2, 0.25) is 0 Å². The third-order valence-electron chi connectivity index (χ3n) is 3.79. The van der Waals surface area contributed by atoms with E-state index in [9.17, 15) is 4.79 Å². The molecule has 7 nitrogen and oxygen atoms in total. The van der Waals surface area contributed by atoms with Crippen molar-refractivity contribution in [3.63, 3.8) is 0 Å². The van der Waals surface area contributed by atoms with E-state index in [4.69, 9.17) is 15.2 Å². The van der Waals surface area contributed by atoms with Gasteiger partial charge < -0.3 is 25.8 Å². The number of carbonyl (C=O) groups is 1. The molecule has 0 aliphatic carbocycles. The molecule has 0 fully saturated rings. The molecule has 0 saturated carbocycles. The number of amides is 1. The fraction of sp³-hybridized carbons (Fsp3) is 0.529. The van der Waals surface area contributed by atoms with Crippen LogP contribution in [0.3, 0.4) is 0 Å². The maximum atomic E-state index is 11.4. The molecule has 4 N–H and O–H groups in total. The zero-order chi connectivity index (χ0) is 17.6. The Balaban J connectivity index is 0.00000312. The summed E-state index contributed by atoms with van der Waals surface area (Å²) in [6.07, 6.45) is 0.820. The summed E-state index contributed by atoms with van der Waals surface area (Å²) in [7, 11) is 0. The van der Waals surface area contributed by atoms with Crippen LogP contribution >= 0.6 is 24.0 Å². The first-order valence-corrected chi connectivity index (χ1v) is 8.13. The van der Waals surface area contributed by atoms with Crippen molar-refractivity contribution in [1.29, 1.82) is 0 Å². The first-order chi connectivity index (χ1) is 11.4. The monoisotopic (exact) mass is 462 g/mol. The van der Waals surface area contributed by atoms with Gasteiger partial charge in [-0.15, -0.1) is 24.0 Å². The summed E-state index contributed by atoms with van der Waals surface area (Å²) >= 11 is 0. The molecule has 0 aromatic heterocycles. The van der Waals surface area contributed by atoms with Gasteiger partial charge >= 0.3 is 0 Å². The van der Waals surface area contributed by atoms with Gasteiger partial charge in [-0.1, -0.05) is 6.07 Å². The van der Waals surface area contributed by atoms with E-state index >= 15 is 0 Å². The van der Waals surface area contributed by atoms with Crippen LogP contribution < -0.4 is 25.8 Å². The summed E-state index contributed by atoms with van der Waals surface area (Å²) in [5.74, 6) is 1.89. The number of ether oxygens (including phenoxy) is 2. The van der Waals surface area contributed by atoms with Crippen LogP contribution in [0.15, 0.2) is 23.2 Å². The number of nitrogens with one attached hydrogen (secondary N) is 2. The fourth-order valence-electron chi connectivity index (χ4n) is 2.12. The lowest BCUT2D eigenvalue weighted by Crippen LogP contribution is -2.40. The summed E-state index contributed by atoms with van der Waals surface area (Å²) in [5.41, 5.74) is 5.87. The third kappa shape index (κ3) is 6.26. The Morgan fingerprint density at radius 2 is 2.00 bits per heavy atom. The van der Waals surface area contributed by atoms with Gasteiger partial charge in [0, 0.05) is 13.1 Å². The van der Waals surface area contributed by atoms with Crippen molar-refractivity contribution in [3.8, 4) is 11.5 Å². The minimum absolute atomic E-state index is 0. The highest BCUT2D eigenvalue weighted by Crippen LogP contribution is 2.32. The van der Waals surface area contributed by atoms with Gasteiger partial charge in [-0.25, -0.2) is 0 Å². The van der Waals surface area contributed by atoms with Crippen LogP contribution in [0.5, 0.6) is 11.5 Å². The topological polar surface area (TPSA) is 98.0 Å². The van der Waals surface area contributed by atoms with E-state index in [0.29, 0.717) is 19.0 Å². The van der Waals surface area contributed by atoms with Crippen molar-refractivity contribution in [2.75, 3.05) is 26.4 Å². The summed E-state index contributed by atoms with van der Waals surface area (Å²) in [6, 6.07) is 5.94. The van der Waals surface area contributed by atoms with Gasteiger partial charge in [0.05, 0.1) is 12.0 Å². The summed E-state index contributed by atoms with van der Waals surface area (Å²) in [6.45, 7) is 7.64. The van der Waals surface area contributed by atoms with Crippen molar-refractivity contribution < 1.29 is 14.3 Å². The number of hydrogen-bond acceptors (Lipinski definition) is 4. The number of aliphatic imine (C=N–C) groups is 1. The average molecular weight is 462 g/mol. The fourth-order valence-corrected chi connectivity index (χ4v) is 2.12. The molecule has 0 radical (unpaired) electrons. The van der Waals surface area contributed by atoms with Gasteiger partial charge in [-0.3, -0.25) is 9.79 Å². The molecule has 1 amide bonds. The maximum Gasteiger partial charge on any atom is 0.231 e. The van der Waals surface area contributed by atoms with E-state index in [1.54, 1.807) is 13.8 Å². The number of nitrogens with zero attached hydrogens (tertiary/aromatic N) is 1. The molecule has 1 aliphatic rings. The molecular weight excluding hydrogens is 435 g/mol. The van der Waals surface area contributed by atoms with Crippen molar-refractivity contribution in [1.82, 2.24) is 10.6 Å². The number of carbonyl (C=O) groups excluding carboxylic acids is 1. The Morgan fingerprint density at radius 3 is 2.68 bits per heavy atom. The van der Waals surface area contributed by atoms with Gasteiger partial charge in [0.25, 0.3) is 0 Å². The molecule has 25 heavy (non-hydrogen) atoms. The van der Waals surface area contributed by atoms with Crippen molar-refractivity contribution in [2.45, 2.75) is 27.2 Å². The molecule has 1 aromatic carbocycles. The molecule has 0 saturated heterocycles. The van der Waals surface area contributed by atoms with E-state index in [1.807, 2.05) is 25.1 Å². The highest BCUT2D eigenvalue weighted by molar-refractivity contribution is 14.0. The zero-order valence-electron chi connectivity index (χ0n) is 14.9. The highest BCUT2D eigenvalue weighted by Gasteiger charge is 2.24. The van der Waals surface area contributed by atoms with E-state index in [1.165, 1.54) is 0 Å². The minimum atomic E-state index is -0.667. The second-order valence-electron chi connectivity index (χ2n) is 6.31. The molecule has 0 unspecified atom stereocenters. The predicted octanol–water partition coefficient (Wildman–Crippen LogP) is 1.64. The minimum Gasteiger partial charge on any atom is -0.454 e. The molecule has 0 bridgehead atoms. The van der Waals surface area contributed by atoms with E-state index in [0.717, 1.165) is 30.0 Å². The van der Waals surface area contributed by atoms with Gasteiger partial charge in [0.2, 0.25) is 12.7 Å². The average Bonchev–Trinajstić information content (AvgIpc) is 3.00. The molecule has 1 aliphatic heterocycles. The van der Waals surface area contributed by atoms with Crippen LogP contribution in [0.25, 0.3) is 0 Å². The van der Waals surface area contributed by atoms with Gasteiger partial charge in [0.15, 0.2) is 17.5 Å². The smallest absolute Gasteiger partial charge is 0.231 e. The quantitative estimate of drug-likeness (QED) is 0.325. The number of rotatable bonds is 7. The first-order valence-electron chi connectivity index (χ1n) is 8.13. The zero-order valence-corrected chi connectivity index (χ0v) is 17.3. The summed E-state index contributed by atoms with van der Waals surface area (Å²) in [4.78, 5) is 15.8. The van der Waals surface area contributed by atoms with Crippen molar-refractivity contribution in [3.05, 3.63) is 23.8 Å². The van der Waals surface area contributed by atoms with E-state index in [-0.39, 0.29) is 36.7 Å². The number of hydrogen-bond donors (Lipinski definition) is 3.